The van der Waals surface area contributed by atoms with Crippen LogP contribution in [0.25, 0.3) is 11.0 Å². The normalized spacial score (nSPS) is 11.1. The van der Waals surface area contributed by atoms with Crippen LogP contribution in [-0.2, 0) is 6.42 Å². The Hall–Kier alpha value is -2.75. The minimum Gasteiger partial charge on any atom is -0.491 e. The van der Waals surface area contributed by atoms with E-state index in [1.165, 1.54) is 0 Å². The van der Waals surface area contributed by atoms with E-state index in [9.17, 15) is 4.79 Å². The minimum atomic E-state index is -0.173. The lowest BCUT2D eigenvalue weighted by atomic mass is 10.1. The van der Waals surface area contributed by atoms with Gasteiger partial charge in [-0.3, -0.25) is 4.79 Å². The van der Waals surface area contributed by atoms with Crippen molar-refractivity contribution in [2.75, 3.05) is 0 Å². The Bertz CT molecular complexity index is 940. The van der Waals surface area contributed by atoms with E-state index in [0.29, 0.717) is 22.5 Å². The molecule has 4 nitrogen and oxygen atoms in total. The molecule has 0 saturated heterocycles. The summed E-state index contributed by atoms with van der Waals surface area (Å²) >= 11 is 0. The number of hydrogen-bond donors (Lipinski definition) is 0. The molecule has 0 aliphatic heterocycles. The fourth-order valence-electron chi connectivity index (χ4n) is 2.73. The van der Waals surface area contributed by atoms with Crippen LogP contribution in [0.1, 0.15) is 32.1 Å². The van der Waals surface area contributed by atoms with Crippen molar-refractivity contribution in [3.8, 4) is 17.2 Å². The molecule has 3 aromatic rings. The van der Waals surface area contributed by atoms with Crippen LogP contribution in [0.2, 0.25) is 0 Å². The van der Waals surface area contributed by atoms with E-state index in [4.69, 9.17) is 13.9 Å². The minimum absolute atomic E-state index is 0.0521. The first-order valence-corrected chi connectivity index (χ1v) is 8.49. The monoisotopic (exact) mass is 338 g/mol. The maximum atomic E-state index is 12.9. The molecule has 4 heteroatoms. The second-order valence-corrected chi connectivity index (χ2v) is 6.21. The summed E-state index contributed by atoms with van der Waals surface area (Å²) in [6.07, 6.45) is 0.816. The Morgan fingerprint density at radius 2 is 1.84 bits per heavy atom. The molecule has 0 amide bonds. The molecule has 0 N–H and O–H groups in total. The molecule has 1 aromatic heterocycles. The second kappa shape index (κ2) is 7.01. The lowest BCUT2D eigenvalue weighted by Crippen LogP contribution is -2.10. The summed E-state index contributed by atoms with van der Waals surface area (Å²) in [6.45, 7) is 7.71. The largest absolute Gasteiger partial charge is 0.491 e. The van der Waals surface area contributed by atoms with E-state index >= 15 is 0 Å². The molecule has 0 radical (unpaired) electrons. The van der Waals surface area contributed by atoms with E-state index in [0.717, 1.165) is 17.7 Å². The molecule has 130 valence electrons. The van der Waals surface area contributed by atoms with Crippen molar-refractivity contribution in [1.29, 1.82) is 0 Å². The summed E-state index contributed by atoms with van der Waals surface area (Å²) in [7, 11) is 0. The fourth-order valence-corrected chi connectivity index (χ4v) is 2.73. The number of ether oxygens (including phenoxy) is 2. The van der Waals surface area contributed by atoms with Crippen molar-refractivity contribution < 1.29 is 13.9 Å². The molecule has 25 heavy (non-hydrogen) atoms. The van der Waals surface area contributed by atoms with Crippen LogP contribution in [0.5, 0.6) is 17.2 Å². The number of fused-ring (bicyclic) bond motifs is 1. The fraction of sp³-hybridized carbons (Fsp3) is 0.286. The van der Waals surface area contributed by atoms with E-state index in [2.05, 4.69) is 0 Å². The van der Waals surface area contributed by atoms with Crippen molar-refractivity contribution in [2.45, 2.75) is 40.2 Å². The topological polar surface area (TPSA) is 48.7 Å². The average Bonchev–Trinajstić information content (AvgIpc) is 2.58. The van der Waals surface area contributed by atoms with E-state index < -0.39 is 0 Å². The Kier molecular flexibility index (Phi) is 4.79. The van der Waals surface area contributed by atoms with Crippen molar-refractivity contribution in [1.82, 2.24) is 0 Å². The standard InChI is InChI=1S/C21H22O4/c1-5-15-11-17-19(12-18(15)23-13(2)3)24-14(4)21(20(17)22)25-16-9-7-6-8-10-16/h6-13H,5H2,1-4H3. The van der Waals surface area contributed by atoms with Crippen molar-refractivity contribution in [2.24, 2.45) is 0 Å². The van der Waals surface area contributed by atoms with Crippen molar-refractivity contribution >= 4 is 11.0 Å². The first kappa shape index (κ1) is 17.1. The average molecular weight is 338 g/mol. The van der Waals surface area contributed by atoms with Gasteiger partial charge in [0.15, 0.2) is 0 Å². The highest BCUT2D eigenvalue weighted by atomic mass is 16.5. The summed E-state index contributed by atoms with van der Waals surface area (Å²) in [5.74, 6) is 2.02. The maximum absolute atomic E-state index is 12.9. The predicted molar refractivity (Wildman–Crippen MR) is 98.9 cm³/mol. The van der Waals surface area contributed by atoms with Crippen LogP contribution in [0, 0.1) is 6.92 Å². The third kappa shape index (κ3) is 3.53. The summed E-state index contributed by atoms with van der Waals surface area (Å²) in [5.41, 5.74) is 1.31. The van der Waals surface area contributed by atoms with Gasteiger partial charge in [-0.1, -0.05) is 25.1 Å². The van der Waals surface area contributed by atoms with Gasteiger partial charge in [0, 0.05) is 6.07 Å². The van der Waals surface area contributed by atoms with Crippen molar-refractivity contribution in [3.05, 3.63) is 64.0 Å². The van der Waals surface area contributed by atoms with Gasteiger partial charge in [-0.15, -0.1) is 0 Å². The smallest absolute Gasteiger partial charge is 0.235 e. The maximum Gasteiger partial charge on any atom is 0.235 e. The van der Waals surface area contributed by atoms with Gasteiger partial charge in [-0.05, 0) is 51.0 Å². The predicted octanol–water partition coefficient (Wildman–Crippen LogP) is 5.24. The zero-order valence-corrected chi connectivity index (χ0v) is 15.0. The molecule has 0 aliphatic carbocycles. The lowest BCUT2D eigenvalue weighted by Gasteiger charge is -2.15. The van der Waals surface area contributed by atoms with Crippen LogP contribution in [0.3, 0.4) is 0 Å². The van der Waals surface area contributed by atoms with E-state index in [1.54, 1.807) is 25.1 Å². The molecule has 0 bridgehead atoms. The molecule has 0 aliphatic rings. The number of para-hydroxylation sites is 1. The van der Waals surface area contributed by atoms with Crippen LogP contribution in [-0.4, -0.2) is 6.10 Å². The molecule has 0 atom stereocenters. The highest BCUT2D eigenvalue weighted by molar-refractivity contribution is 5.81. The second-order valence-electron chi connectivity index (χ2n) is 6.21. The number of hydrogen-bond acceptors (Lipinski definition) is 4. The third-order valence-corrected chi connectivity index (χ3v) is 3.90. The number of benzene rings is 2. The number of aryl methyl sites for hydroxylation is 2. The molecule has 0 unspecified atom stereocenters. The summed E-state index contributed by atoms with van der Waals surface area (Å²) in [5, 5.41) is 0.504. The quantitative estimate of drug-likeness (QED) is 0.638. The molecule has 0 spiro atoms. The van der Waals surface area contributed by atoms with Gasteiger partial charge in [0.05, 0.1) is 11.5 Å². The highest BCUT2D eigenvalue weighted by Gasteiger charge is 2.17. The van der Waals surface area contributed by atoms with Crippen LogP contribution in [0.15, 0.2) is 51.7 Å². The summed E-state index contributed by atoms with van der Waals surface area (Å²) < 4.78 is 17.5. The SMILES string of the molecule is CCc1cc2c(=O)c(Oc3ccccc3)c(C)oc2cc1OC(C)C. The Labute approximate surface area is 147 Å². The Balaban J connectivity index is 2.14. The number of rotatable bonds is 5. The molecule has 3 rings (SSSR count). The van der Waals surface area contributed by atoms with Crippen LogP contribution >= 0.6 is 0 Å². The van der Waals surface area contributed by atoms with Crippen LogP contribution < -0.4 is 14.9 Å². The van der Waals surface area contributed by atoms with Gasteiger partial charge in [-0.25, -0.2) is 0 Å². The van der Waals surface area contributed by atoms with E-state index in [1.807, 2.05) is 45.0 Å². The zero-order valence-electron chi connectivity index (χ0n) is 15.0. The summed E-state index contributed by atoms with van der Waals surface area (Å²) in [4.78, 5) is 12.9. The van der Waals surface area contributed by atoms with Gasteiger partial charge >= 0.3 is 0 Å². The molecule has 0 saturated carbocycles. The molecular weight excluding hydrogens is 316 g/mol. The highest BCUT2D eigenvalue weighted by Crippen LogP contribution is 2.30. The van der Waals surface area contributed by atoms with Gasteiger partial charge in [0.25, 0.3) is 0 Å². The van der Waals surface area contributed by atoms with Crippen molar-refractivity contribution in [3.63, 3.8) is 0 Å². The van der Waals surface area contributed by atoms with Gasteiger partial charge < -0.3 is 13.9 Å². The molecule has 0 fully saturated rings. The third-order valence-electron chi connectivity index (χ3n) is 3.90. The summed E-state index contributed by atoms with van der Waals surface area (Å²) in [6, 6.07) is 12.9. The molecule has 1 heterocycles. The molecular formula is C21H22O4. The van der Waals surface area contributed by atoms with Crippen LogP contribution in [0.4, 0.5) is 0 Å². The Morgan fingerprint density at radius 3 is 2.48 bits per heavy atom. The van der Waals surface area contributed by atoms with E-state index in [-0.39, 0.29) is 17.3 Å². The first-order chi connectivity index (χ1) is 12.0. The first-order valence-electron chi connectivity index (χ1n) is 8.49. The zero-order chi connectivity index (χ0) is 18.0. The Morgan fingerprint density at radius 1 is 1.12 bits per heavy atom. The molecule has 2 aromatic carbocycles. The van der Waals surface area contributed by atoms with Gasteiger partial charge in [0.1, 0.15) is 22.8 Å². The van der Waals surface area contributed by atoms with Gasteiger partial charge in [-0.2, -0.15) is 0 Å². The van der Waals surface area contributed by atoms with Gasteiger partial charge in [0.2, 0.25) is 11.2 Å². The lowest BCUT2D eigenvalue weighted by molar-refractivity contribution is 0.240.